The second-order valence-corrected chi connectivity index (χ2v) is 6.99. The van der Waals surface area contributed by atoms with E-state index in [1.165, 1.54) is 0 Å². The summed E-state index contributed by atoms with van der Waals surface area (Å²) < 4.78 is 2.05. The normalized spacial score (nSPS) is 14.1. The second kappa shape index (κ2) is 8.67. The highest BCUT2D eigenvalue weighted by Crippen LogP contribution is 2.31. The van der Waals surface area contributed by atoms with Gasteiger partial charge >= 0.3 is 0 Å². The number of benzene rings is 2. The number of carbonyl (C=O) groups is 2. The van der Waals surface area contributed by atoms with Crippen molar-refractivity contribution < 1.29 is 14.4 Å². The highest BCUT2D eigenvalue weighted by Gasteiger charge is 2.35. The number of aryl methyl sites for hydroxylation is 1. The van der Waals surface area contributed by atoms with Crippen LogP contribution in [0.25, 0.3) is 15.9 Å². The Labute approximate surface area is 178 Å². The van der Waals surface area contributed by atoms with Crippen molar-refractivity contribution in [2.24, 2.45) is 10.9 Å². The number of nitrogens with two attached hydrogens (primary N) is 1. The standard InChI is InChI=1S/C22H20N6O3/c1-24-11-6-12-27-18-10-5-3-8-16(18)25-20(27)13-28-17-9-4-2-7-15(17)21(22(28)30)26-31-14-19(23)29/h2-5,7-10H,6,11-14H2,(H2,23,29)/b26-21+. The lowest BCUT2D eigenvalue weighted by atomic mass is 10.1. The highest BCUT2D eigenvalue weighted by molar-refractivity contribution is 6.54. The number of imidazole rings is 1. The number of aromatic nitrogens is 2. The first-order valence-electron chi connectivity index (χ1n) is 9.77. The van der Waals surface area contributed by atoms with Crippen LogP contribution in [0.15, 0.2) is 53.7 Å². The monoisotopic (exact) mass is 416 g/mol. The molecule has 0 radical (unpaired) electrons. The van der Waals surface area contributed by atoms with Crippen LogP contribution < -0.4 is 10.6 Å². The fraction of sp³-hybridized carbons (Fsp3) is 0.227. The summed E-state index contributed by atoms with van der Waals surface area (Å²) in [4.78, 5) is 38.8. The number of hydrogen-bond donors (Lipinski definition) is 1. The van der Waals surface area contributed by atoms with Gasteiger partial charge in [0.15, 0.2) is 12.3 Å². The Morgan fingerprint density at radius 1 is 1.19 bits per heavy atom. The van der Waals surface area contributed by atoms with Gasteiger partial charge in [-0.3, -0.25) is 14.5 Å². The van der Waals surface area contributed by atoms with Crippen molar-refractivity contribution >= 4 is 34.2 Å². The quantitative estimate of drug-likeness (QED) is 0.345. The Bertz CT molecular complexity index is 1220. The number of para-hydroxylation sites is 3. The van der Waals surface area contributed by atoms with Crippen LogP contribution in [0.4, 0.5) is 5.69 Å². The lowest BCUT2D eigenvalue weighted by Crippen LogP contribution is -2.31. The molecule has 4 rings (SSSR count). The first-order chi connectivity index (χ1) is 15.1. The van der Waals surface area contributed by atoms with E-state index in [0.29, 0.717) is 36.6 Å². The number of amides is 2. The van der Waals surface area contributed by atoms with Crippen molar-refractivity contribution in [2.45, 2.75) is 19.5 Å². The maximum atomic E-state index is 13.2. The molecule has 9 heteroatoms. The minimum Gasteiger partial charge on any atom is -0.385 e. The molecule has 2 aromatic carbocycles. The van der Waals surface area contributed by atoms with Gasteiger partial charge in [-0.05, 0) is 18.2 Å². The third-order valence-corrected chi connectivity index (χ3v) is 4.95. The zero-order valence-electron chi connectivity index (χ0n) is 16.7. The molecule has 1 aromatic heterocycles. The van der Waals surface area contributed by atoms with E-state index in [4.69, 9.17) is 22.1 Å². The van der Waals surface area contributed by atoms with Crippen LogP contribution in [0.1, 0.15) is 17.8 Å². The van der Waals surface area contributed by atoms with E-state index in [9.17, 15) is 9.59 Å². The molecule has 31 heavy (non-hydrogen) atoms. The Morgan fingerprint density at radius 3 is 2.77 bits per heavy atom. The summed E-state index contributed by atoms with van der Waals surface area (Å²) in [7, 11) is 0. The number of hydrogen-bond acceptors (Lipinski definition) is 5. The molecule has 0 fully saturated rings. The predicted molar refractivity (Wildman–Crippen MR) is 115 cm³/mol. The minimum absolute atomic E-state index is 0.118. The summed E-state index contributed by atoms with van der Waals surface area (Å²) in [6.45, 7) is 7.91. The zero-order valence-corrected chi connectivity index (χ0v) is 16.7. The third kappa shape index (κ3) is 3.96. The van der Waals surface area contributed by atoms with Gasteiger partial charge in [0.1, 0.15) is 5.82 Å². The molecular weight excluding hydrogens is 396 g/mol. The maximum Gasteiger partial charge on any atom is 0.281 e. The first-order valence-corrected chi connectivity index (χ1v) is 9.77. The Hall–Kier alpha value is -4.19. The van der Waals surface area contributed by atoms with E-state index in [1.807, 2.05) is 36.4 Å². The highest BCUT2D eigenvalue weighted by atomic mass is 16.6. The number of rotatable bonds is 8. The molecule has 0 saturated carbocycles. The first kappa shape index (κ1) is 20.1. The Balaban J connectivity index is 1.68. The van der Waals surface area contributed by atoms with Crippen molar-refractivity contribution in [1.29, 1.82) is 0 Å². The molecule has 0 bridgehead atoms. The number of carbonyl (C=O) groups excluding carboxylic acids is 2. The third-order valence-electron chi connectivity index (χ3n) is 4.95. The van der Waals surface area contributed by atoms with Crippen molar-refractivity contribution in [1.82, 2.24) is 9.55 Å². The molecule has 0 saturated heterocycles. The van der Waals surface area contributed by atoms with E-state index >= 15 is 0 Å². The van der Waals surface area contributed by atoms with Crippen LogP contribution in [0, 0.1) is 6.57 Å². The number of anilines is 1. The SMILES string of the molecule is [C-]#[N+]CCCn1c(CN2C(=O)/C(=N/OCC(N)=O)c3ccccc32)nc2ccccc21. The number of fused-ring (bicyclic) bond motifs is 2. The topological polar surface area (TPSA) is 107 Å². The molecule has 0 aliphatic carbocycles. The fourth-order valence-corrected chi connectivity index (χ4v) is 3.61. The molecule has 0 spiro atoms. The molecule has 2 amide bonds. The van der Waals surface area contributed by atoms with E-state index in [1.54, 1.807) is 17.0 Å². The molecule has 9 nitrogen and oxygen atoms in total. The van der Waals surface area contributed by atoms with Gasteiger partial charge in [0.05, 0.1) is 23.3 Å². The molecule has 156 valence electrons. The smallest absolute Gasteiger partial charge is 0.281 e. The molecule has 0 atom stereocenters. The predicted octanol–water partition coefficient (Wildman–Crippen LogP) is 2.10. The summed E-state index contributed by atoms with van der Waals surface area (Å²) in [6, 6.07) is 15.0. The molecule has 0 unspecified atom stereocenters. The summed E-state index contributed by atoms with van der Waals surface area (Å²) >= 11 is 0. The van der Waals surface area contributed by atoms with E-state index in [0.717, 1.165) is 11.0 Å². The lowest BCUT2D eigenvalue weighted by molar-refractivity contribution is -0.122. The summed E-state index contributed by atoms with van der Waals surface area (Å²) in [6.07, 6.45) is 0.690. The van der Waals surface area contributed by atoms with Gasteiger partial charge in [-0.25, -0.2) is 11.6 Å². The van der Waals surface area contributed by atoms with Crippen LogP contribution in [0.3, 0.4) is 0 Å². The van der Waals surface area contributed by atoms with E-state index in [-0.39, 0.29) is 18.2 Å². The van der Waals surface area contributed by atoms with Crippen LogP contribution in [-0.4, -0.2) is 40.2 Å². The van der Waals surface area contributed by atoms with Crippen molar-refractivity contribution in [2.75, 3.05) is 18.1 Å². The van der Waals surface area contributed by atoms with Gasteiger partial charge in [0, 0.05) is 18.5 Å². The molecule has 1 aliphatic heterocycles. The van der Waals surface area contributed by atoms with Crippen molar-refractivity contribution in [3.8, 4) is 0 Å². The number of oxime groups is 1. The Kier molecular flexibility index (Phi) is 5.62. The average Bonchev–Trinajstić information content (AvgIpc) is 3.24. The second-order valence-electron chi connectivity index (χ2n) is 6.99. The van der Waals surface area contributed by atoms with Gasteiger partial charge < -0.3 is 20.0 Å². The maximum absolute atomic E-state index is 13.2. The zero-order chi connectivity index (χ0) is 21.8. The fourth-order valence-electron chi connectivity index (χ4n) is 3.61. The summed E-state index contributed by atoms with van der Waals surface area (Å²) in [5.74, 6) is -0.299. The van der Waals surface area contributed by atoms with Crippen LogP contribution in [0.5, 0.6) is 0 Å². The van der Waals surface area contributed by atoms with Gasteiger partial charge in [-0.15, -0.1) is 0 Å². The Morgan fingerprint density at radius 2 is 1.97 bits per heavy atom. The molecule has 2 heterocycles. The van der Waals surface area contributed by atoms with Gasteiger partial charge in [0.25, 0.3) is 11.8 Å². The molecule has 1 aliphatic rings. The van der Waals surface area contributed by atoms with Gasteiger partial charge in [-0.1, -0.05) is 35.5 Å². The number of nitrogens with zero attached hydrogens (tertiary/aromatic N) is 5. The molecular formula is C22H20N6O3. The number of primary amides is 1. The molecule has 3 aromatic rings. The van der Waals surface area contributed by atoms with Crippen LogP contribution >= 0.6 is 0 Å². The van der Waals surface area contributed by atoms with Crippen molar-refractivity contribution in [3.63, 3.8) is 0 Å². The molecule has 2 N–H and O–H groups in total. The minimum atomic E-state index is -0.673. The van der Waals surface area contributed by atoms with E-state index in [2.05, 4.69) is 14.6 Å². The van der Waals surface area contributed by atoms with Gasteiger partial charge in [-0.2, -0.15) is 0 Å². The van der Waals surface area contributed by atoms with Gasteiger partial charge in [0.2, 0.25) is 6.54 Å². The van der Waals surface area contributed by atoms with E-state index < -0.39 is 12.5 Å². The van der Waals surface area contributed by atoms with Crippen LogP contribution in [-0.2, 0) is 27.5 Å². The van der Waals surface area contributed by atoms with Crippen molar-refractivity contribution in [3.05, 3.63) is 71.3 Å². The van der Waals surface area contributed by atoms with Crippen LogP contribution in [0.2, 0.25) is 0 Å². The largest absolute Gasteiger partial charge is 0.385 e. The summed E-state index contributed by atoms with van der Waals surface area (Å²) in [5, 5.41) is 3.87. The summed E-state index contributed by atoms with van der Waals surface area (Å²) in [5.41, 5.74) is 8.30. The lowest BCUT2D eigenvalue weighted by Gasteiger charge is -2.17. The average molecular weight is 416 g/mol.